The van der Waals surface area contributed by atoms with Crippen molar-refractivity contribution >= 4 is 11.8 Å². The quantitative estimate of drug-likeness (QED) is 0.858. The van der Waals surface area contributed by atoms with Crippen molar-refractivity contribution in [1.29, 1.82) is 0 Å². The second-order valence-corrected chi connectivity index (χ2v) is 6.30. The van der Waals surface area contributed by atoms with Crippen molar-refractivity contribution in [2.75, 3.05) is 18.1 Å². The van der Waals surface area contributed by atoms with Gasteiger partial charge in [0, 0.05) is 30.7 Å². The lowest BCUT2D eigenvalue weighted by atomic mass is 10.00. The minimum atomic E-state index is 0.497. The van der Waals surface area contributed by atoms with Gasteiger partial charge in [0.05, 0.1) is 0 Å². The number of aromatic nitrogens is 2. The Morgan fingerprint density at radius 3 is 3.15 bits per heavy atom. The molecular weight excluding hydrogens is 266 g/mol. The summed E-state index contributed by atoms with van der Waals surface area (Å²) in [6, 6.07) is 11.4. The average Bonchev–Trinajstić information content (AvgIpc) is 2.91. The fourth-order valence-corrected chi connectivity index (χ4v) is 3.76. The van der Waals surface area contributed by atoms with Crippen molar-refractivity contribution in [3.63, 3.8) is 0 Å². The van der Waals surface area contributed by atoms with Crippen LogP contribution in [0.1, 0.15) is 23.6 Å². The zero-order chi connectivity index (χ0) is 13.6. The van der Waals surface area contributed by atoms with Crippen molar-refractivity contribution in [1.82, 2.24) is 15.1 Å². The fourth-order valence-electron chi connectivity index (χ4n) is 2.69. The van der Waals surface area contributed by atoms with Gasteiger partial charge in [0.15, 0.2) is 0 Å². The van der Waals surface area contributed by atoms with Crippen LogP contribution in [0.3, 0.4) is 0 Å². The number of hydrogen-bond donors (Lipinski definition) is 1. The number of benzene rings is 1. The molecule has 1 aromatic carbocycles. The van der Waals surface area contributed by atoms with Crippen LogP contribution in [0, 0.1) is 0 Å². The molecule has 4 heteroatoms. The number of fused-ring (bicyclic) bond motifs is 1. The summed E-state index contributed by atoms with van der Waals surface area (Å²) < 4.78 is 2.00. The predicted octanol–water partition coefficient (Wildman–Crippen LogP) is 2.89. The number of nitrogens with zero attached hydrogens (tertiary/aromatic N) is 2. The van der Waals surface area contributed by atoms with E-state index < -0.39 is 0 Å². The van der Waals surface area contributed by atoms with Crippen LogP contribution in [-0.4, -0.2) is 27.8 Å². The highest BCUT2D eigenvalue weighted by molar-refractivity contribution is 7.99. The van der Waals surface area contributed by atoms with Crippen LogP contribution in [0.25, 0.3) is 0 Å². The van der Waals surface area contributed by atoms with Gasteiger partial charge in [-0.15, -0.1) is 0 Å². The van der Waals surface area contributed by atoms with E-state index in [0.29, 0.717) is 6.04 Å². The molecule has 0 amide bonds. The highest BCUT2D eigenvalue weighted by atomic mass is 32.2. The molecule has 1 aliphatic heterocycles. The van der Waals surface area contributed by atoms with Crippen LogP contribution in [0.5, 0.6) is 0 Å². The zero-order valence-corrected chi connectivity index (χ0v) is 12.5. The highest BCUT2D eigenvalue weighted by Crippen LogP contribution is 2.27. The molecule has 0 unspecified atom stereocenters. The second kappa shape index (κ2) is 6.95. The summed E-state index contributed by atoms with van der Waals surface area (Å²) in [5.41, 5.74) is 3.01. The van der Waals surface area contributed by atoms with Gasteiger partial charge >= 0.3 is 0 Å². The van der Waals surface area contributed by atoms with E-state index in [1.54, 1.807) is 0 Å². The molecule has 20 heavy (non-hydrogen) atoms. The van der Waals surface area contributed by atoms with Crippen molar-refractivity contribution in [3.8, 4) is 0 Å². The first-order valence-corrected chi connectivity index (χ1v) is 8.45. The van der Waals surface area contributed by atoms with Crippen LogP contribution >= 0.6 is 11.8 Å². The summed E-state index contributed by atoms with van der Waals surface area (Å²) in [6.45, 7) is 2.03. The molecule has 1 N–H and O–H groups in total. The maximum atomic E-state index is 4.24. The van der Waals surface area contributed by atoms with Gasteiger partial charge < -0.3 is 5.32 Å². The van der Waals surface area contributed by atoms with E-state index in [-0.39, 0.29) is 0 Å². The highest BCUT2D eigenvalue weighted by Gasteiger charge is 2.17. The number of nitrogens with one attached hydrogen (secondary N) is 1. The standard InChI is InChI=1S/C16H21N3S/c1-2-6-15-14(5-1)7-12-20-13-16(15)17-8-3-10-19-11-4-9-18-19/h1-2,4-6,9,11,16-17H,3,7-8,10,12-13H2/t16-/m0/s1. The van der Waals surface area contributed by atoms with Crippen molar-refractivity contribution in [2.24, 2.45) is 0 Å². The van der Waals surface area contributed by atoms with Gasteiger partial charge in [0.25, 0.3) is 0 Å². The molecule has 3 rings (SSSR count). The molecule has 0 spiro atoms. The van der Waals surface area contributed by atoms with Crippen LogP contribution in [0.2, 0.25) is 0 Å². The Balaban J connectivity index is 1.54. The van der Waals surface area contributed by atoms with Crippen LogP contribution in [0.15, 0.2) is 42.7 Å². The lowest BCUT2D eigenvalue weighted by Crippen LogP contribution is -2.25. The maximum absolute atomic E-state index is 4.24. The minimum Gasteiger partial charge on any atom is -0.309 e. The molecular formula is C16H21N3S. The summed E-state index contributed by atoms with van der Waals surface area (Å²) in [5, 5.41) is 7.95. The summed E-state index contributed by atoms with van der Waals surface area (Å²) in [6.07, 6.45) is 6.18. The molecule has 106 valence electrons. The SMILES string of the molecule is c1ccc2c(c1)CCSC[C@@H]2NCCCn1cccn1. The van der Waals surface area contributed by atoms with E-state index >= 15 is 0 Å². The predicted molar refractivity (Wildman–Crippen MR) is 85.1 cm³/mol. The summed E-state index contributed by atoms with van der Waals surface area (Å²) >= 11 is 2.06. The number of hydrogen-bond acceptors (Lipinski definition) is 3. The Morgan fingerprint density at radius 2 is 2.25 bits per heavy atom. The molecule has 1 aliphatic rings. The van der Waals surface area contributed by atoms with Gasteiger partial charge in [-0.3, -0.25) is 4.68 Å². The molecule has 0 saturated carbocycles. The Morgan fingerprint density at radius 1 is 1.30 bits per heavy atom. The minimum absolute atomic E-state index is 0.497. The Labute approximate surface area is 124 Å². The van der Waals surface area contributed by atoms with E-state index in [1.807, 2.05) is 23.1 Å². The summed E-state index contributed by atoms with van der Waals surface area (Å²) in [5.74, 6) is 2.42. The smallest absolute Gasteiger partial charge is 0.0489 e. The van der Waals surface area contributed by atoms with Crippen LogP contribution < -0.4 is 5.32 Å². The summed E-state index contributed by atoms with van der Waals surface area (Å²) in [7, 11) is 0. The first kappa shape index (κ1) is 13.7. The molecule has 3 nitrogen and oxygen atoms in total. The van der Waals surface area contributed by atoms with E-state index in [2.05, 4.69) is 46.4 Å². The zero-order valence-electron chi connectivity index (χ0n) is 11.7. The molecule has 0 bridgehead atoms. The second-order valence-electron chi connectivity index (χ2n) is 5.15. The molecule has 0 saturated heterocycles. The third-order valence-electron chi connectivity index (χ3n) is 3.74. The monoisotopic (exact) mass is 287 g/mol. The van der Waals surface area contributed by atoms with Crippen molar-refractivity contribution in [2.45, 2.75) is 25.4 Å². The average molecular weight is 287 g/mol. The lowest BCUT2D eigenvalue weighted by molar-refractivity contribution is 0.509. The molecule has 0 radical (unpaired) electrons. The molecule has 0 aliphatic carbocycles. The fraction of sp³-hybridized carbons (Fsp3) is 0.438. The molecule has 0 fully saturated rings. The van der Waals surface area contributed by atoms with Gasteiger partial charge in [0.2, 0.25) is 0 Å². The summed E-state index contributed by atoms with van der Waals surface area (Å²) in [4.78, 5) is 0. The molecule has 2 aromatic rings. The Bertz CT molecular complexity index is 524. The number of thioether (sulfide) groups is 1. The van der Waals surface area contributed by atoms with Gasteiger partial charge in [0.1, 0.15) is 0 Å². The number of aryl methyl sites for hydroxylation is 2. The number of rotatable bonds is 5. The van der Waals surface area contributed by atoms with Gasteiger partial charge in [-0.1, -0.05) is 24.3 Å². The van der Waals surface area contributed by atoms with E-state index in [9.17, 15) is 0 Å². The first-order valence-electron chi connectivity index (χ1n) is 7.30. The van der Waals surface area contributed by atoms with E-state index in [0.717, 1.165) is 19.5 Å². The maximum Gasteiger partial charge on any atom is 0.0489 e. The lowest BCUT2D eigenvalue weighted by Gasteiger charge is -2.19. The normalized spacial score (nSPS) is 18.5. The Hall–Kier alpha value is -1.26. The topological polar surface area (TPSA) is 29.9 Å². The van der Waals surface area contributed by atoms with Gasteiger partial charge in [-0.05, 0) is 42.3 Å². The first-order chi connectivity index (χ1) is 9.93. The van der Waals surface area contributed by atoms with E-state index in [1.165, 1.54) is 29.1 Å². The molecule has 2 heterocycles. The van der Waals surface area contributed by atoms with Crippen molar-refractivity contribution in [3.05, 3.63) is 53.9 Å². The van der Waals surface area contributed by atoms with Crippen LogP contribution in [-0.2, 0) is 13.0 Å². The van der Waals surface area contributed by atoms with Gasteiger partial charge in [-0.2, -0.15) is 16.9 Å². The third-order valence-corrected chi connectivity index (χ3v) is 4.81. The molecule has 1 atom stereocenters. The van der Waals surface area contributed by atoms with Crippen LogP contribution in [0.4, 0.5) is 0 Å². The van der Waals surface area contributed by atoms with Gasteiger partial charge in [-0.25, -0.2) is 0 Å². The largest absolute Gasteiger partial charge is 0.309 e. The van der Waals surface area contributed by atoms with E-state index in [4.69, 9.17) is 0 Å². The third kappa shape index (κ3) is 3.44. The Kier molecular flexibility index (Phi) is 4.77. The van der Waals surface area contributed by atoms with Crippen molar-refractivity contribution < 1.29 is 0 Å². The molecule has 1 aromatic heterocycles.